The molecule has 1 radical (unpaired) electrons. The number of carboxylic acid groups (broad SMARTS) is 2. The van der Waals surface area contributed by atoms with Crippen LogP contribution >= 0.6 is 0 Å². The normalized spacial score (nSPS) is 18.1. The van der Waals surface area contributed by atoms with Gasteiger partial charge in [-0.25, -0.2) is 9.59 Å². The molecule has 4 atom stereocenters. The third kappa shape index (κ3) is 4.56. The van der Waals surface area contributed by atoms with Crippen LogP contribution in [-0.4, -0.2) is 67.0 Å². The van der Waals surface area contributed by atoms with Gasteiger partial charge in [0.2, 0.25) is 0 Å². The maximum Gasteiger partial charge on any atom is 0.335 e. The Kier molecular flexibility index (Phi) is 7.49. The molecule has 0 rings (SSSR count). The summed E-state index contributed by atoms with van der Waals surface area (Å²) in [5, 5.41) is 51.5. The van der Waals surface area contributed by atoms with Crippen molar-refractivity contribution in [1.82, 2.24) is 0 Å². The van der Waals surface area contributed by atoms with Crippen LogP contribution in [0.4, 0.5) is 0 Å². The quantitative estimate of drug-likeness (QED) is 0.283. The maximum atomic E-state index is 10.1. The molecule has 0 saturated carbocycles. The van der Waals surface area contributed by atoms with Crippen LogP contribution in [0.1, 0.15) is 0 Å². The summed E-state index contributed by atoms with van der Waals surface area (Å²) < 4.78 is 0. The standard InChI is InChI=1S/C6H10O8.Cu/c7-1(3(9)5(11)12)2(8)4(10)6(13)14;/h1-4,7-10H,(H,11,12)(H,13,14);. The van der Waals surface area contributed by atoms with E-state index < -0.39 is 36.4 Å². The molecule has 0 aromatic carbocycles. The Morgan fingerprint density at radius 1 is 0.733 bits per heavy atom. The minimum absolute atomic E-state index is 0. The molecule has 4 unspecified atom stereocenters. The summed E-state index contributed by atoms with van der Waals surface area (Å²) in [6, 6.07) is 0. The Morgan fingerprint density at radius 2 is 0.933 bits per heavy atom. The third-order valence-electron chi connectivity index (χ3n) is 1.50. The van der Waals surface area contributed by atoms with E-state index in [0.29, 0.717) is 0 Å². The first-order chi connectivity index (χ1) is 6.29. The second-order valence-electron chi connectivity index (χ2n) is 2.55. The minimum Gasteiger partial charge on any atom is -0.479 e. The molecule has 0 fully saturated rings. The number of aliphatic carboxylic acids is 2. The van der Waals surface area contributed by atoms with Crippen molar-refractivity contribution in [2.24, 2.45) is 0 Å². The molecule has 9 heteroatoms. The summed E-state index contributed by atoms with van der Waals surface area (Å²) in [5.41, 5.74) is 0. The van der Waals surface area contributed by atoms with E-state index in [2.05, 4.69) is 0 Å². The zero-order chi connectivity index (χ0) is 11.5. The van der Waals surface area contributed by atoms with Crippen LogP contribution in [0.25, 0.3) is 0 Å². The first-order valence-electron chi connectivity index (χ1n) is 3.47. The molecule has 0 saturated heterocycles. The second-order valence-corrected chi connectivity index (χ2v) is 2.55. The zero-order valence-electron chi connectivity index (χ0n) is 7.11. The van der Waals surface area contributed by atoms with Crippen LogP contribution in [0.5, 0.6) is 0 Å². The number of aliphatic hydroxyl groups is 4. The van der Waals surface area contributed by atoms with E-state index in [-0.39, 0.29) is 17.1 Å². The van der Waals surface area contributed by atoms with Gasteiger partial charge in [0.05, 0.1) is 0 Å². The predicted octanol–water partition coefficient (Wildman–Crippen LogP) is -3.40. The molecule has 0 aliphatic carbocycles. The van der Waals surface area contributed by atoms with Crippen LogP contribution in [0, 0.1) is 0 Å². The molecule has 0 bridgehead atoms. The van der Waals surface area contributed by atoms with Gasteiger partial charge >= 0.3 is 11.9 Å². The minimum atomic E-state index is -2.36. The van der Waals surface area contributed by atoms with E-state index in [1.807, 2.05) is 0 Å². The van der Waals surface area contributed by atoms with E-state index in [0.717, 1.165) is 0 Å². The van der Waals surface area contributed by atoms with Gasteiger partial charge < -0.3 is 30.6 Å². The summed E-state index contributed by atoms with van der Waals surface area (Å²) in [4.78, 5) is 20.2. The number of hydrogen-bond donors (Lipinski definition) is 6. The monoisotopic (exact) mass is 273 g/mol. The van der Waals surface area contributed by atoms with Crippen molar-refractivity contribution in [3.63, 3.8) is 0 Å². The topological polar surface area (TPSA) is 156 Å². The fourth-order valence-corrected chi connectivity index (χ4v) is 0.666. The largest absolute Gasteiger partial charge is 0.479 e. The molecule has 8 nitrogen and oxygen atoms in total. The van der Waals surface area contributed by atoms with Crippen molar-refractivity contribution in [2.75, 3.05) is 0 Å². The van der Waals surface area contributed by atoms with Gasteiger partial charge in [0.25, 0.3) is 0 Å². The number of rotatable bonds is 5. The van der Waals surface area contributed by atoms with Crippen LogP contribution < -0.4 is 0 Å². The summed E-state index contributed by atoms with van der Waals surface area (Å²) in [5.74, 6) is -3.68. The van der Waals surface area contributed by atoms with Crippen LogP contribution in [0.15, 0.2) is 0 Å². The Hall–Kier alpha value is -0.701. The SMILES string of the molecule is O=C(O)C(O)C(O)C(O)C(O)C(=O)O.[Cu]. The fraction of sp³-hybridized carbons (Fsp3) is 0.667. The molecule has 0 aliphatic heterocycles. The summed E-state index contributed by atoms with van der Waals surface area (Å²) >= 11 is 0. The van der Waals surface area contributed by atoms with Crippen molar-refractivity contribution < 1.29 is 57.3 Å². The molecule has 6 N–H and O–H groups in total. The first-order valence-corrected chi connectivity index (χ1v) is 3.47. The van der Waals surface area contributed by atoms with Crippen molar-refractivity contribution in [3.8, 4) is 0 Å². The Morgan fingerprint density at radius 3 is 1.07 bits per heavy atom. The smallest absolute Gasteiger partial charge is 0.335 e. The van der Waals surface area contributed by atoms with E-state index in [1.165, 1.54) is 0 Å². The predicted molar refractivity (Wildman–Crippen MR) is 39.3 cm³/mol. The van der Waals surface area contributed by atoms with Gasteiger partial charge in [-0.15, -0.1) is 0 Å². The molecule has 0 spiro atoms. The summed E-state index contributed by atoms with van der Waals surface area (Å²) in [6.45, 7) is 0. The van der Waals surface area contributed by atoms with Crippen LogP contribution in [0.3, 0.4) is 0 Å². The van der Waals surface area contributed by atoms with Crippen LogP contribution in [-0.2, 0) is 26.7 Å². The molecular formula is C6H10CuO8. The number of aliphatic hydroxyl groups excluding tert-OH is 4. The number of hydrogen-bond acceptors (Lipinski definition) is 6. The van der Waals surface area contributed by atoms with Crippen molar-refractivity contribution in [1.29, 1.82) is 0 Å². The number of carbonyl (C=O) groups is 2. The molecule has 15 heavy (non-hydrogen) atoms. The van der Waals surface area contributed by atoms with Gasteiger partial charge in [-0.2, -0.15) is 0 Å². The van der Waals surface area contributed by atoms with E-state index in [4.69, 9.17) is 30.6 Å². The fourth-order valence-electron chi connectivity index (χ4n) is 0.666. The van der Waals surface area contributed by atoms with Gasteiger partial charge in [0, 0.05) is 17.1 Å². The van der Waals surface area contributed by atoms with Gasteiger partial charge in [-0.05, 0) is 0 Å². The van der Waals surface area contributed by atoms with Crippen molar-refractivity contribution in [2.45, 2.75) is 24.4 Å². The average molecular weight is 274 g/mol. The second kappa shape index (κ2) is 6.72. The zero-order valence-corrected chi connectivity index (χ0v) is 8.05. The molecule has 0 heterocycles. The molecule has 0 aliphatic rings. The third-order valence-corrected chi connectivity index (χ3v) is 1.50. The van der Waals surface area contributed by atoms with Crippen LogP contribution in [0.2, 0.25) is 0 Å². The van der Waals surface area contributed by atoms with E-state index in [9.17, 15) is 9.59 Å². The molecule has 0 amide bonds. The Bertz CT molecular complexity index is 207. The first kappa shape index (κ1) is 16.7. The van der Waals surface area contributed by atoms with Crippen molar-refractivity contribution >= 4 is 11.9 Å². The average Bonchev–Trinajstić information content (AvgIpc) is 2.12. The molecule has 93 valence electrons. The number of carboxylic acids is 2. The van der Waals surface area contributed by atoms with E-state index in [1.54, 1.807) is 0 Å². The van der Waals surface area contributed by atoms with Crippen molar-refractivity contribution in [3.05, 3.63) is 0 Å². The van der Waals surface area contributed by atoms with Gasteiger partial charge in [0.1, 0.15) is 12.2 Å². The Labute approximate surface area is 94.2 Å². The summed E-state index contributed by atoms with van der Waals surface area (Å²) in [7, 11) is 0. The Balaban J connectivity index is 0. The van der Waals surface area contributed by atoms with Gasteiger partial charge in [-0.1, -0.05) is 0 Å². The van der Waals surface area contributed by atoms with E-state index >= 15 is 0 Å². The molecule has 0 aromatic heterocycles. The maximum absolute atomic E-state index is 10.1. The summed E-state index contributed by atoms with van der Waals surface area (Å²) in [6.07, 6.45) is -9.28. The molecular weight excluding hydrogens is 264 g/mol. The van der Waals surface area contributed by atoms with Gasteiger partial charge in [0.15, 0.2) is 12.2 Å². The molecule has 0 aromatic rings. The van der Waals surface area contributed by atoms with Gasteiger partial charge in [-0.3, -0.25) is 0 Å².